The molecule has 0 saturated heterocycles. The fourth-order valence-electron chi connectivity index (χ4n) is 1.47. The molecule has 0 bridgehead atoms. The Morgan fingerprint density at radius 3 is 2.32 bits per heavy atom. The Balaban J connectivity index is 3.71. The van der Waals surface area contributed by atoms with Crippen molar-refractivity contribution in [1.29, 1.82) is 0 Å². The van der Waals surface area contributed by atoms with Gasteiger partial charge in [0.05, 0.1) is 6.61 Å². The maximum Gasteiger partial charge on any atom is 0.331 e. The maximum atomic E-state index is 11.4. The van der Waals surface area contributed by atoms with Crippen molar-refractivity contribution in [3.63, 3.8) is 0 Å². The van der Waals surface area contributed by atoms with Gasteiger partial charge in [0.1, 0.15) is 13.2 Å². The maximum absolute atomic E-state index is 11.4. The minimum Gasteiger partial charge on any atom is -0.460 e. The molecule has 0 aromatic rings. The number of carbonyl (C=O) groups excluding carboxylic acids is 2. The molecule has 0 aromatic carbocycles. The van der Waals surface area contributed by atoms with Crippen LogP contribution in [0.15, 0.2) is 0 Å². The van der Waals surface area contributed by atoms with Crippen LogP contribution in [0.4, 0.5) is 0 Å². The van der Waals surface area contributed by atoms with Gasteiger partial charge in [-0.25, -0.2) is 4.79 Å². The summed E-state index contributed by atoms with van der Waals surface area (Å²) in [6.07, 6.45) is 4.58. The average molecular weight is 276 g/mol. The van der Waals surface area contributed by atoms with Crippen LogP contribution in [0.25, 0.3) is 0 Å². The van der Waals surface area contributed by atoms with Gasteiger partial charge in [-0.05, 0) is 6.42 Å². The number of unbranched alkanes of at least 4 members (excludes halogenated alkanes) is 4. The van der Waals surface area contributed by atoms with E-state index in [1.807, 2.05) is 0 Å². The minimum absolute atomic E-state index is 0.239. The highest BCUT2D eigenvalue weighted by atomic mass is 16.6. The molecule has 112 valence electrons. The van der Waals surface area contributed by atoms with E-state index in [0.29, 0.717) is 6.42 Å². The van der Waals surface area contributed by atoms with Gasteiger partial charge < -0.3 is 19.7 Å². The van der Waals surface area contributed by atoms with Gasteiger partial charge in [-0.15, -0.1) is 0 Å². The van der Waals surface area contributed by atoms with E-state index in [9.17, 15) is 9.59 Å². The topological polar surface area (TPSA) is 93.1 Å². The van der Waals surface area contributed by atoms with E-state index < -0.39 is 31.3 Å². The predicted octanol–water partition coefficient (Wildman–Crippen LogP) is 0.786. The van der Waals surface area contributed by atoms with Crippen LogP contribution in [-0.4, -0.2) is 48.1 Å². The largest absolute Gasteiger partial charge is 0.460 e. The third-order valence-electron chi connectivity index (χ3n) is 2.55. The molecule has 0 rings (SSSR count). The standard InChI is InChI=1S/C13H24O6/c1-2-3-4-5-6-7-12(16)19-11(8-14)10-18-13(17)9-15/h11,14-15H,2-10H2,1H3. The number of ether oxygens (including phenoxy) is 2. The molecule has 2 N–H and O–H groups in total. The Labute approximate surface area is 113 Å². The van der Waals surface area contributed by atoms with E-state index >= 15 is 0 Å². The summed E-state index contributed by atoms with van der Waals surface area (Å²) in [5, 5.41) is 17.4. The monoisotopic (exact) mass is 276 g/mol. The van der Waals surface area contributed by atoms with Crippen molar-refractivity contribution in [3.8, 4) is 0 Å². The molecule has 0 aromatic heterocycles. The Hall–Kier alpha value is -1.14. The molecule has 0 amide bonds. The van der Waals surface area contributed by atoms with Gasteiger partial charge in [-0.2, -0.15) is 0 Å². The lowest BCUT2D eigenvalue weighted by Gasteiger charge is -2.15. The van der Waals surface area contributed by atoms with Crippen molar-refractivity contribution >= 4 is 11.9 Å². The summed E-state index contributed by atoms with van der Waals surface area (Å²) in [4.78, 5) is 22.1. The number of esters is 2. The second-order valence-corrected chi connectivity index (χ2v) is 4.30. The van der Waals surface area contributed by atoms with Crippen molar-refractivity contribution in [2.45, 2.75) is 51.6 Å². The molecule has 0 aliphatic heterocycles. The van der Waals surface area contributed by atoms with Gasteiger partial charge >= 0.3 is 11.9 Å². The quantitative estimate of drug-likeness (QED) is 0.428. The molecule has 0 saturated carbocycles. The second-order valence-electron chi connectivity index (χ2n) is 4.30. The molecule has 0 radical (unpaired) electrons. The van der Waals surface area contributed by atoms with E-state index in [-0.39, 0.29) is 6.61 Å². The van der Waals surface area contributed by atoms with Crippen LogP contribution in [0, 0.1) is 0 Å². The number of aliphatic hydroxyl groups is 2. The third-order valence-corrected chi connectivity index (χ3v) is 2.55. The van der Waals surface area contributed by atoms with Crippen LogP contribution in [0.3, 0.4) is 0 Å². The van der Waals surface area contributed by atoms with E-state index in [0.717, 1.165) is 32.1 Å². The third kappa shape index (κ3) is 10.5. The molecule has 0 aliphatic carbocycles. The zero-order valence-electron chi connectivity index (χ0n) is 11.5. The zero-order valence-corrected chi connectivity index (χ0v) is 11.5. The highest BCUT2D eigenvalue weighted by Gasteiger charge is 2.15. The Kier molecular flexibility index (Phi) is 11.2. The van der Waals surface area contributed by atoms with E-state index in [2.05, 4.69) is 11.7 Å². The fourth-order valence-corrected chi connectivity index (χ4v) is 1.47. The van der Waals surface area contributed by atoms with Crippen LogP contribution < -0.4 is 0 Å². The summed E-state index contributed by atoms with van der Waals surface area (Å²) in [7, 11) is 0. The number of aliphatic hydroxyl groups excluding tert-OH is 2. The number of hydrogen-bond acceptors (Lipinski definition) is 6. The van der Waals surface area contributed by atoms with Crippen molar-refractivity contribution in [1.82, 2.24) is 0 Å². The summed E-state index contributed by atoms with van der Waals surface area (Å²) in [5.74, 6) is -1.22. The summed E-state index contributed by atoms with van der Waals surface area (Å²) in [5.41, 5.74) is 0. The SMILES string of the molecule is CCCCCCCC(=O)OC(CO)COC(=O)CO. The van der Waals surface area contributed by atoms with Crippen LogP contribution in [-0.2, 0) is 19.1 Å². The number of rotatable bonds is 11. The molecule has 6 nitrogen and oxygen atoms in total. The smallest absolute Gasteiger partial charge is 0.331 e. The summed E-state index contributed by atoms with van der Waals surface area (Å²) in [6, 6.07) is 0. The molecule has 6 heteroatoms. The van der Waals surface area contributed by atoms with Crippen LogP contribution in [0.2, 0.25) is 0 Å². The van der Waals surface area contributed by atoms with E-state index in [4.69, 9.17) is 14.9 Å². The molecule has 0 spiro atoms. The van der Waals surface area contributed by atoms with Gasteiger partial charge in [0.15, 0.2) is 6.10 Å². The van der Waals surface area contributed by atoms with Crippen molar-refractivity contribution < 1.29 is 29.3 Å². The summed E-state index contributed by atoms with van der Waals surface area (Å²) >= 11 is 0. The van der Waals surface area contributed by atoms with E-state index in [1.165, 1.54) is 0 Å². The molecular weight excluding hydrogens is 252 g/mol. The van der Waals surface area contributed by atoms with Crippen LogP contribution >= 0.6 is 0 Å². The first-order chi connectivity index (χ1) is 9.13. The fraction of sp³-hybridized carbons (Fsp3) is 0.846. The average Bonchev–Trinajstić information content (AvgIpc) is 2.42. The van der Waals surface area contributed by atoms with Gasteiger partial charge in [0.25, 0.3) is 0 Å². The minimum atomic E-state index is -0.862. The molecule has 1 unspecified atom stereocenters. The van der Waals surface area contributed by atoms with Crippen molar-refractivity contribution in [3.05, 3.63) is 0 Å². The lowest BCUT2D eigenvalue weighted by atomic mass is 10.1. The molecule has 0 heterocycles. The molecule has 0 aliphatic rings. The van der Waals surface area contributed by atoms with Gasteiger partial charge in [0, 0.05) is 6.42 Å². The molecule has 19 heavy (non-hydrogen) atoms. The Morgan fingerprint density at radius 1 is 1.05 bits per heavy atom. The first kappa shape index (κ1) is 17.9. The molecule has 1 atom stereocenters. The van der Waals surface area contributed by atoms with Crippen LogP contribution in [0.1, 0.15) is 45.4 Å². The highest BCUT2D eigenvalue weighted by molar-refractivity contribution is 5.70. The number of hydrogen-bond donors (Lipinski definition) is 2. The van der Waals surface area contributed by atoms with Crippen molar-refractivity contribution in [2.75, 3.05) is 19.8 Å². The van der Waals surface area contributed by atoms with Gasteiger partial charge in [-0.1, -0.05) is 32.6 Å². The normalized spacial score (nSPS) is 11.9. The Morgan fingerprint density at radius 2 is 1.74 bits per heavy atom. The van der Waals surface area contributed by atoms with E-state index in [1.54, 1.807) is 0 Å². The summed E-state index contributed by atoms with van der Waals surface area (Å²) < 4.78 is 9.53. The first-order valence-corrected chi connectivity index (χ1v) is 6.70. The zero-order chi connectivity index (χ0) is 14.5. The Bertz CT molecular complexity index is 254. The second kappa shape index (κ2) is 11.9. The first-order valence-electron chi connectivity index (χ1n) is 6.70. The number of carbonyl (C=O) groups is 2. The highest BCUT2D eigenvalue weighted by Crippen LogP contribution is 2.06. The lowest BCUT2D eigenvalue weighted by Crippen LogP contribution is -2.29. The van der Waals surface area contributed by atoms with Crippen LogP contribution in [0.5, 0.6) is 0 Å². The predicted molar refractivity (Wildman–Crippen MR) is 68.4 cm³/mol. The lowest BCUT2D eigenvalue weighted by molar-refractivity contribution is -0.162. The summed E-state index contributed by atoms with van der Waals surface area (Å²) in [6.45, 7) is 0.731. The van der Waals surface area contributed by atoms with Crippen molar-refractivity contribution in [2.24, 2.45) is 0 Å². The molecular formula is C13H24O6. The van der Waals surface area contributed by atoms with Gasteiger partial charge in [-0.3, -0.25) is 4.79 Å². The molecule has 0 fully saturated rings. The van der Waals surface area contributed by atoms with Gasteiger partial charge in [0.2, 0.25) is 0 Å².